The molecule has 2 aromatic carbocycles. The third kappa shape index (κ3) is 4.43. The van der Waals surface area contributed by atoms with Crippen LogP contribution in [0.2, 0.25) is 0 Å². The lowest BCUT2D eigenvalue weighted by Crippen LogP contribution is -2.23. The van der Waals surface area contributed by atoms with Crippen LogP contribution in [0.25, 0.3) is 10.9 Å². The van der Waals surface area contributed by atoms with E-state index in [0.29, 0.717) is 27.0 Å². The summed E-state index contributed by atoms with van der Waals surface area (Å²) in [7, 11) is 1.56. The Morgan fingerprint density at radius 1 is 1.17 bits per heavy atom. The van der Waals surface area contributed by atoms with Gasteiger partial charge in [0.1, 0.15) is 0 Å². The molecule has 0 radical (unpaired) electrons. The van der Waals surface area contributed by atoms with Crippen LogP contribution in [-0.4, -0.2) is 34.1 Å². The number of aryl methyl sites for hydroxylation is 1. The summed E-state index contributed by atoms with van der Waals surface area (Å²) < 4.78 is 12.7. The van der Waals surface area contributed by atoms with Gasteiger partial charge >= 0.3 is 5.97 Å². The van der Waals surface area contributed by atoms with Gasteiger partial charge in [0.05, 0.1) is 35.3 Å². The zero-order valence-corrected chi connectivity index (χ0v) is 17.5. The summed E-state index contributed by atoms with van der Waals surface area (Å²) in [6.45, 7) is 0.200. The van der Waals surface area contributed by atoms with Gasteiger partial charge in [-0.3, -0.25) is 14.2 Å². The first-order valence-corrected chi connectivity index (χ1v) is 11.3. The van der Waals surface area contributed by atoms with Crippen molar-refractivity contribution in [1.82, 2.24) is 9.55 Å². The number of para-hydroxylation sites is 1. The minimum absolute atomic E-state index is 0.0547. The maximum atomic E-state index is 12.5. The molecule has 29 heavy (non-hydrogen) atoms. The van der Waals surface area contributed by atoms with Crippen LogP contribution in [-0.2, 0) is 11.3 Å². The van der Waals surface area contributed by atoms with E-state index in [4.69, 9.17) is 9.47 Å². The van der Waals surface area contributed by atoms with Crippen LogP contribution in [0.4, 0.5) is 0 Å². The normalized spacial score (nSPS) is 14.2. The monoisotopic (exact) mass is 428 g/mol. The van der Waals surface area contributed by atoms with Crippen molar-refractivity contribution in [3.05, 3.63) is 64.7 Å². The van der Waals surface area contributed by atoms with Gasteiger partial charge < -0.3 is 9.47 Å². The van der Waals surface area contributed by atoms with E-state index >= 15 is 0 Å². The number of nitrogens with zero attached hydrogens (tertiary/aromatic N) is 2. The predicted molar refractivity (Wildman–Crippen MR) is 117 cm³/mol. The molecule has 6 nitrogen and oxygen atoms in total. The smallest absolute Gasteiger partial charge is 0.313 e. The highest BCUT2D eigenvalue weighted by Crippen LogP contribution is 2.46. The molecule has 3 aromatic rings. The number of ether oxygens (including phenoxy) is 2. The molecule has 1 aliphatic rings. The van der Waals surface area contributed by atoms with Gasteiger partial charge in [-0.05, 0) is 29.8 Å². The van der Waals surface area contributed by atoms with Crippen molar-refractivity contribution in [2.24, 2.45) is 0 Å². The van der Waals surface area contributed by atoms with Gasteiger partial charge in [0.25, 0.3) is 5.56 Å². The average molecular weight is 429 g/mol. The molecular formula is C21H20N2O4S2. The van der Waals surface area contributed by atoms with Crippen LogP contribution in [0.1, 0.15) is 16.6 Å². The Morgan fingerprint density at radius 2 is 1.97 bits per heavy atom. The van der Waals surface area contributed by atoms with Crippen LogP contribution < -0.4 is 15.0 Å². The van der Waals surface area contributed by atoms with E-state index in [1.807, 2.05) is 41.7 Å². The van der Waals surface area contributed by atoms with Crippen molar-refractivity contribution in [2.75, 3.05) is 18.6 Å². The van der Waals surface area contributed by atoms with Crippen LogP contribution in [0.15, 0.2) is 53.6 Å². The van der Waals surface area contributed by atoms with Crippen molar-refractivity contribution in [2.45, 2.75) is 17.5 Å². The molecule has 1 saturated heterocycles. The van der Waals surface area contributed by atoms with Crippen LogP contribution in [0, 0.1) is 0 Å². The second-order valence-corrected chi connectivity index (χ2v) is 9.19. The number of aromatic nitrogens is 2. The van der Waals surface area contributed by atoms with E-state index in [1.54, 1.807) is 31.4 Å². The highest BCUT2D eigenvalue weighted by atomic mass is 32.2. The second kappa shape index (κ2) is 8.92. The van der Waals surface area contributed by atoms with Crippen molar-refractivity contribution in [3.63, 3.8) is 0 Å². The molecule has 1 aliphatic heterocycles. The third-order valence-electron chi connectivity index (χ3n) is 4.59. The molecule has 4 rings (SSSR count). The molecule has 8 heteroatoms. The molecule has 0 N–H and O–H groups in total. The zero-order valence-electron chi connectivity index (χ0n) is 15.9. The molecule has 0 amide bonds. The van der Waals surface area contributed by atoms with Crippen LogP contribution >= 0.6 is 23.5 Å². The fourth-order valence-corrected chi connectivity index (χ4v) is 5.96. The first-order chi connectivity index (χ1) is 14.2. The highest BCUT2D eigenvalue weighted by Gasteiger charge is 2.20. The van der Waals surface area contributed by atoms with E-state index in [0.717, 1.165) is 17.1 Å². The number of rotatable bonds is 6. The van der Waals surface area contributed by atoms with Gasteiger partial charge in [0, 0.05) is 18.1 Å². The van der Waals surface area contributed by atoms with Gasteiger partial charge in [-0.25, -0.2) is 4.98 Å². The minimum atomic E-state index is -0.430. The van der Waals surface area contributed by atoms with E-state index < -0.39 is 5.97 Å². The van der Waals surface area contributed by atoms with E-state index in [-0.39, 0.29) is 18.5 Å². The summed E-state index contributed by atoms with van der Waals surface area (Å²) in [5.41, 5.74) is 1.62. The SMILES string of the molecule is COc1cc(C2SCCS2)ccc1OC(=O)CCn1cnc2ccccc2c1=O. The standard InChI is InChI=1S/C21H20N2O4S2/c1-26-18-12-14(21-28-10-11-29-21)6-7-17(18)27-19(24)8-9-23-13-22-16-5-3-2-4-15(16)20(23)25/h2-7,12-13,21H,8-11H2,1H3. The van der Waals surface area contributed by atoms with Gasteiger partial charge in [-0.1, -0.05) is 18.2 Å². The van der Waals surface area contributed by atoms with Gasteiger partial charge in [0.15, 0.2) is 11.5 Å². The van der Waals surface area contributed by atoms with Crippen LogP contribution in [0.5, 0.6) is 11.5 Å². The van der Waals surface area contributed by atoms with Gasteiger partial charge in [-0.2, -0.15) is 0 Å². The summed E-state index contributed by atoms with van der Waals surface area (Å²) in [6, 6.07) is 12.8. The molecule has 0 atom stereocenters. The Kier molecular flexibility index (Phi) is 6.10. The quantitative estimate of drug-likeness (QED) is 0.436. The van der Waals surface area contributed by atoms with Gasteiger partial charge in [-0.15, -0.1) is 23.5 Å². The van der Waals surface area contributed by atoms with Crippen molar-refractivity contribution in [3.8, 4) is 11.5 Å². The van der Waals surface area contributed by atoms with Crippen molar-refractivity contribution < 1.29 is 14.3 Å². The molecule has 0 bridgehead atoms. The number of fused-ring (bicyclic) bond motifs is 1. The topological polar surface area (TPSA) is 70.4 Å². The van der Waals surface area contributed by atoms with Crippen molar-refractivity contribution in [1.29, 1.82) is 0 Å². The number of benzene rings is 2. The summed E-state index contributed by atoms with van der Waals surface area (Å²) in [5, 5.41) is 0.531. The third-order valence-corrected chi connectivity index (χ3v) is 7.70. The Bertz CT molecular complexity index is 1090. The molecule has 2 heterocycles. The zero-order chi connectivity index (χ0) is 20.2. The summed E-state index contributed by atoms with van der Waals surface area (Å²) in [6.07, 6.45) is 1.52. The number of carbonyl (C=O) groups excluding carboxylic acids is 1. The Morgan fingerprint density at radius 3 is 2.76 bits per heavy atom. The molecule has 1 aromatic heterocycles. The van der Waals surface area contributed by atoms with Crippen LogP contribution in [0.3, 0.4) is 0 Å². The fourth-order valence-electron chi connectivity index (χ4n) is 3.12. The Balaban J connectivity index is 1.43. The highest BCUT2D eigenvalue weighted by molar-refractivity contribution is 8.19. The number of esters is 1. The molecule has 0 unspecified atom stereocenters. The molecule has 150 valence electrons. The van der Waals surface area contributed by atoms with E-state index in [9.17, 15) is 9.59 Å². The largest absolute Gasteiger partial charge is 0.493 e. The van der Waals surface area contributed by atoms with Crippen molar-refractivity contribution >= 4 is 40.4 Å². The number of carbonyl (C=O) groups is 1. The average Bonchev–Trinajstić information content (AvgIpc) is 3.29. The predicted octanol–water partition coefficient (Wildman–Crippen LogP) is 3.88. The number of methoxy groups -OCH3 is 1. The Hall–Kier alpha value is -2.45. The van der Waals surface area contributed by atoms with E-state index in [1.165, 1.54) is 10.9 Å². The molecule has 0 saturated carbocycles. The summed E-state index contributed by atoms with van der Waals surface area (Å²) >= 11 is 3.81. The maximum Gasteiger partial charge on any atom is 0.313 e. The molecule has 1 fully saturated rings. The maximum absolute atomic E-state index is 12.5. The molecule has 0 spiro atoms. The lowest BCUT2D eigenvalue weighted by Gasteiger charge is -2.14. The fraction of sp³-hybridized carbons (Fsp3) is 0.286. The summed E-state index contributed by atoms with van der Waals surface area (Å²) in [5.74, 6) is 2.77. The number of hydrogen-bond donors (Lipinski definition) is 0. The lowest BCUT2D eigenvalue weighted by atomic mass is 10.2. The van der Waals surface area contributed by atoms with E-state index in [2.05, 4.69) is 4.98 Å². The number of thioether (sulfide) groups is 2. The van der Waals surface area contributed by atoms with Gasteiger partial charge in [0.2, 0.25) is 0 Å². The summed E-state index contributed by atoms with van der Waals surface area (Å²) in [4.78, 5) is 29.1. The minimum Gasteiger partial charge on any atom is -0.493 e. The number of hydrogen-bond acceptors (Lipinski definition) is 7. The first kappa shape index (κ1) is 19.8. The first-order valence-electron chi connectivity index (χ1n) is 9.22. The molecular weight excluding hydrogens is 408 g/mol. The molecule has 0 aliphatic carbocycles. The lowest BCUT2D eigenvalue weighted by molar-refractivity contribution is -0.134. The Labute approximate surface area is 176 Å². The second-order valence-electron chi connectivity index (χ2n) is 6.47.